The first-order valence-corrected chi connectivity index (χ1v) is 11.5. The number of nitrogens with zero attached hydrogens (tertiary/aromatic N) is 3. The van der Waals surface area contributed by atoms with E-state index in [1.54, 1.807) is 32.4 Å². The van der Waals surface area contributed by atoms with Gasteiger partial charge in [-0.25, -0.2) is 9.97 Å². The van der Waals surface area contributed by atoms with Crippen LogP contribution in [0.1, 0.15) is 5.76 Å². The third-order valence-corrected chi connectivity index (χ3v) is 5.53. The minimum absolute atomic E-state index is 0.344. The van der Waals surface area contributed by atoms with Crippen molar-refractivity contribution in [2.24, 2.45) is 0 Å². The molecule has 4 rings (SSSR count). The summed E-state index contributed by atoms with van der Waals surface area (Å²) in [5, 5.41) is 9.21. The standard InChI is InChI=1S/C24H24Cl2N4O5/c1-31-5-7-33-22-11-18-20(12-23(22)34-8-6-32-2)28-14-29-24(18)27-13-16-10-21(30-35-16)17-4-3-15(25)9-19(17)26/h3-4,9-12,14H,5-8,13H2,1-2H3,(H,27,28,29). The molecule has 35 heavy (non-hydrogen) atoms. The first-order chi connectivity index (χ1) is 17.1. The number of aromatic nitrogens is 3. The predicted molar refractivity (Wildman–Crippen MR) is 134 cm³/mol. The molecule has 0 bridgehead atoms. The number of halogens is 2. The lowest BCUT2D eigenvalue weighted by molar-refractivity contribution is 0.132. The number of hydrogen-bond donors (Lipinski definition) is 1. The highest BCUT2D eigenvalue weighted by Crippen LogP contribution is 2.35. The molecule has 2 aromatic heterocycles. The molecule has 1 N–H and O–H groups in total. The predicted octanol–water partition coefficient (Wildman–Crippen LogP) is 5.25. The SMILES string of the molecule is COCCOc1cc2ncnc(NCc3cc(-c4ccc(Cl)cc4Cl)no3)c2cc1OCCOC. The fourth-order valence-electron chi connectivity index (χ4n) is 3.29. The second kappa shape index (κ2) is 12.0. The van der Waals surface area contributed by atoms with Crippen LogP contribution in [0, 0.1) is 0 Å². The van der Waals surface area contributed by atoms with Gasteiger partial charge in [0, 0.05) is 42.3 Å². The van der Waals surface area contributed by atoms with Crippen LogP contribution < -0.4 is 14.8 Å². The first kappa shape index (κ1) is 25.0. The van der Waals surface area contributed by atoms with Crippen molar-refractivity contribution in [2.45, 2.75) is 6.54 Å². The van der Waals surface area contributed by atoms with Gasteiger partial charge in [-0.05, 0) is 24.3 Å². The molecule has 0 aliphatic carbocycles. The van der Waals surface area contributed by atoms with Gasteiger partial charge in [0.2, 0.25) is 0 Å². The van der Waals surface area contributed by atoms with E-state index in [1.165, 1.54) is 6.33 Å². The lowest BCUT2D eigenvalue weighted by Gasteiger charge is -2.15. The Morgan fingerprint density at radius 1 is 0.886 bits per heavy atom. The first-order valence-electron chi connectivity index (χ1n) is 10.8. The summed E-state index contributed by atoms with van der Waals surface area (Å²) in [7, 11) is 3.23. The number of fused-ring (bicyclic) bond motifs is 1. The Morgan fingerprint density at radius 3 is 2.34 bits per heavy atom. The Bertz CT molecular complexity index is 1280. The monoisotopic (exact) mass is 518 g/mol. The summed E-state index contributed by atoms with van der Waals surface area (Å²) in [6, 6.07) is 10.7. The number of ether oxygens (including phenoxy) is 4. The van der Waals surface area contributed by atoms with Crippen LogP contribution in [0.5, 0.6) is 11.5 Å². The van der Waals surface area contributed by atoms with Crippen molar-refractivity contribution in [3.63, 3.8) is 0 Å². The van der Waals surface area contributed by atoms with Crippen LogP contribution in [0.2, 0.25) is 10.0 Å². The summed E-state index contributed by atoms with van der Waals surface area (Å²) in [5.74, 6) is 2.34. The van der Waals surface area contributed by atoms with Crippen molar-refractivity contribution in [1.29, 1.82) is 0 Å². The smallest absolute Gasteiger partial charge is 0.163 e. The average Bonchev–Trinajstić information content (AvgIpc) is 3.32. The zero-order valence-electron chi connectivity index (χ0n) is 19.2. The van der Waals surface area contributed by atoms with E-state index in [1.807, 2.05) is 18.2 Å². The maximum Gasteiger partial charge on any atom is 0.163 e. The van der Waals surface area contributed by atoms with Crippen molar-refractivity contribution in [1.82, 2.24) is 15.1 Å². The highest BCUT2D eigenvalue weighted by Gasteiger charge is 2.14. The highest BCUT2D eigenvalue weighted by atomic mass is 35.5. The van der Waals surface area contributed by atoms with E-state index in [0.29, 0.717) is 77.3 Å². The second-order valence-corrected chi connectivity index (χ2v) is 8.22. The molecule has 0 fully saturated rings. The van der Waals surface area contributed by atoms with Crippen LogP contribution in [0.4, 0.5) is 5.82 Å². The van der Waals surface area contributed by atoms with Gasteiger partial charge in [-0.3, -0.25) is 0 Å². The molecule has 2 heterocycles. The Balaban J connectivity index is 1.55. The molecule has 0 atom stereocenters. The summed E-state index contributed by atoms with van der Waals surface area (Å²) in [6.45, 7) is 1.98. The van der Waals surface area contributed by atoms with E-state index < -0.39 is 0 Å². The molecular formula is C24H24Cl2N4O5. The molecule has 11 heteroatoms. The third kappa shape index (κ3) is 6.32. The second-order valence-electron chi connectivity index (χ2n) is 7.38. The van der Waals surface area contributed by atoms with Crippen LogP contribution >= 0.6 is 23.2 Å². The third-order valence-electron chi connectivity index (χ3n) is 4.99. The van der Waals surface area contributed by atoms with Gasteiger partial charge in [0.1, 0.15) is 31.1 Å². The molecule has 4 aromatic rings. The number of benzene rings is 2. The Morgan fingerprint density at radius 2 is 1.63 bits per heavy atom. The summed E-state index contributed by atoms with van der Waals surface area (Å²) in [6.07, 6.45) is 1.48. The molecule has 0 radical (unpaired) electrons. The number of rotatable bonds is 12. The van der Waals surface area contributed by atoms with Crippen LogP contribution in [0.3, 0.4) is 0 Å². The molecule has 0 aliphatic rings. The minimum atomic E-state index is 0.344. The van der Waals surface area contributed by atoms with E-state index in [0.717, 1.165) is 10.9 Å². The number of methoxy groups -OCH3 is 2. The maximum atomic E-state index is 6.29. The zero-order valence-corrected chi connectivity index (χ0v) is 20.7. The highest BCUT2D eigenvalue weighted by molar-refractivity contribution is 6.36. The average molecular weight is 519 g/mol. The molecule has 0 saturated carbocycles. The lowest BCUT2D eigenvalue weighted by Crippen LogP contribution is -2.09. The van der Waals surface area contributed by atoms with Gasteiger partial charge in [-0.2, -0.15) is 0 Å². The van der Waals surface area contributed by atoms with Gasteiger partial charge in [0.05, 0.1) is 30.3 Å². The molecule has 0 aliphatic heterocycles. The molecule has 0 unspecified atom stereocenters. The van der Waals surface area contributed by atoms with Crippen molar-refractivity contribution in [2.75, 3.05) is 46.0 Å². The normalized spacial score (nSPS) is 11.1. The van der Waals surface area contributed by atoms with Crippen molar-refractivity contribution < 1.29 is 23.5 Å². The van der Waals surface area contributed by atoms with E-state index in [-0.39, 0.29) is 0 Å². The van der Waals surface area contributed by atoms with Crippen molar-refractivity contribution in [3.05, 3.63) is 58.5 Å². The fraction of sp³-hybridized carbons (Fsp3) is 0.292. The van der Waals surface area contributed by atoms with E-state index in [9.17, 15) is 0 Å². The maximum absolute atomic E-state index is 6.29. The molecule has 9 nitrogen and oxygen atoms in total. The van der Waals surface area contributed by atoms with Gasteiger partial charge >= 0.3 is 0 Å². The number of nitrogens with one attached hydrogen (secondary N) is 1. The molecule has 0 amide bonds. The van der Waals surface area contributed by atoms with Crippen molar-refractivity contribution >= 4 is 39.9 Å². The molecule has 0 spiro atoms. The fourth-order valence-corrected chi connectivity index (χ4v) is 3.80. The van der Waals surface area contributed by atoms with E-state index in [4.69, 9.17) is 46.7 Å². The summed E-state index contributed by atoms with van der Waals surface area (Å²) in [4.78, 5) is 8.77. The Labute approximate surface area is 212 Å². The van der Waals surface area contributed by atoms with Crippen LogP contribution in [0.15, 0.2) is 47.2 Å². The van der Waals surface area contributed by atoms with Gasteiger partial charge < -0.3 is 28.8 Å². The molecule has 0 saturated heterocycles. The van der Waals surface area contributed by atoms with Gasteiger partial charge in [0.25, 0.3) is 0 Å². The van der Waals surface area contributed by atoms with E-state index in [2.05, 4.69) is 20.4 Å². The summed E-state index contributed by atoms with van der Waals surface area (Å²) in [5.41, 5.74) is 2.04. The van der Waals surface area contributed by atoms with Crippen molar-refractivity contribution in [3.8, 4) is 22.8 Å². The van der Waals surface area contributed by atoms with Gasteiger partial charge in [-0.1, -0.05) is 28.4 Å². The van der Waals surface area contributed by atoms with Crippen LogP contribution in [-0.4, -0.2) is 55.8 Å². The Kier molecular flexibility index (Phi) is 8.59. The quantitative estimate of drug-likeness (QED) is 0.252. The zero-order chi connectivity index (χ0) is 24.6. The number of hydrogen-bond acceptors (Lipinski definition) is 9. The van der Waals surface area contributed by atoms with Crippen LogP contribution in [-0.2, 0) is 16.0 Å². The lowest BCUT2D eigenvalue weighted by atomic mass is 10.1. The topological polar surface area (TPSA) is 101 Å². The summed E-state index contributed by atoms with van der Waals surface area (Å²) >= 11 is 12.3. The minimum Gasteiger partial charge on any atom is -0.487 e. The van der Waals surface area contributed by atoms with E-state index >= 15 is 0 Å². The van der Waals surface area contributed by atoms with Gasteiger partial charge in [-0.15, -0.1) is 0 Å². The largest absolute Gasteiger partial charge is 0.487 e. The van der Waals surface area contributed by atoms with Gasteiger partial charge in [0.15, 0.2) is 17.3 Å². The Hall–Kier alpha value is -3.11. The molecular weight excluding hydrogens is 495 g/mol. The van der Waals surface area contributed by atoms with Crippen LogP contribution in [0.25, 0.3) is 22.2 Å². The number of anilines is 1. The molecule has 184 valence electrons. The summed E-state index contributed by atoms with van der Waals surface area (Å²) < 4.78 is 27.4. The molecule has 2 aromatic carbocycles.